The number of nitrogens with two attached hydrogens (primary N) is 1. The number of hydrogen-bond donors (Lipinski definition) is 2. The van der Waals surface area contributed by atoms with Crippen molar-refractivity contribution in [3.8, 4) is 11.1 Å². The Labute approximate surface area is 174 Å². The predicted octanol–water partition coefficient (Wildman–Crippen LogP) is 2.58. The lowest BCUT2D eigenvalue weighted by atomic mass is 9.93. The number of aryl methyl sites for hydroxylation is 1. The highest BCUT2D eigenvalue weighted by atomic mass is 32.2. The highest BCUT2D eigenvalue weighted by Gasteiger charge is 2.50. The molecule has 6 nitrogen and oxygen atoms in total. The Balaban J connectivity index is 1.73. The smallest absolute Gasteiger partial charge is 0.263 e. The predicted molar refractivity (Wildman–Crippen MR) is 110 cm³/mol. The number of sulfonamides is 1. The van der Waals surface area contributed by atoms with E-state index in [2.05, 4.69) is 4.99 Å². The van der Waals surface area contributed by atoms with Gasteiger partial charge < -0.3 is 10.8 Å². The number of aliphatic hydroxyl groups is 1. The Morgan fingerprint density at radius 1 is 1.27 bits per heavy atom. The normalized spacial score (nSPS) is 21.0. The van der Waals surface area contributed by atoms with Crippen LogP contribution < -0.4 is 5.73 Å². The third-order valence-electron chi connectivity index (χ3n) is 5.84. The molecule has 2 aliphatic rings. The van der Waals surface area contributed by atoms with E-state index >= 15 is 0 Å². The van der Waals surface area contributed by atoms with Crippen LogP contribution in [0.4, 0.5) is 8.78 Å². The summed E-state index contributed by atoms with van der Waals surface area (Å²) in [6, 6.07) is 7.61. The molecule has 0 aromatic heterocycles. The Bertz CT molecular complexity index is 1160. The van der Waals surface area contributed by atoms with E-state index in [9.17, 15) is 22.3 Å². The lowest BCUT2D eigenvalue weighted by molar-refractivity contribution is 0.0161. The molecule has 160 valence electrons. The van der Waals surface area contributed by atoms with Crippen LogP contribution in [0.3, 0.4) is 0 Å². The van der Waals surface area contributed by atoms with Gasteiger partial charge in [-0.3, -0.25) is 4.99 Å². The summed E-state index contributed by atoms with van der Waals surface area (Å²) in [5.41, 5.74) is 11.1. The molecule has 2 aromatic carbocycles. The minimum absolute atomic E-state index is 0.0395. The number of aliphatic imine (C=N–C) groups is 1. The molecule has 0 unspecified atom stereocenters. The van der Waals surface area contributed by atoms with Gasteiger partial charge in [0.25, 0.3) is 5.92 Å². The zero-order chi connectivity index (χ0) is 21.8. The van der Waals surface area contributed by atoms with Crippen molar-refractivity contribution >= 4 is 15.9 Å². The fourth-order valence-corrected chi connectivity index (χ4v) is 6.21. The molecule has 2 aliphatic heterocycles. The highest BCUT2D eigenvalue weighted by Crippen LogP contribution is 2.37. The molecule has 1 fully saturated rings. The fourth-order valence-electron chi connectivity index (χ4n) is 4.36. The summed E-state index contributed by atoms with van der Waals surface area (Å²) in [6.45, 7) is 2.55. The van der Waals surface area contributed by atoms with Crippen molar-refractivity contribution in [2.75, 3.05) is 13.2 Å². The van der Waals surface area contributed by atoms with E-state index in [1.807, 2.05) is 19.1 Å². The topological polar surface area (TPSA) is 96.0 Å². The molecule has 1 atom stereocenters. The number of nitrogens with zero attached hydrogens (tertiary/aromatic N) is 2. The SMILES string of the molecule is Cc1cc(-c2ccc3c(c2C)C(N)=NC3)ccc1S(=O)(=O)N1CC(F)(F)C[C@H]1CO. The minimum Gasteiger partial charge on any atom is -0.395 e. The average molecular weight is 435 g/mol. The first-order chi connectivity index (χ1) is 14.0. The molecular formula is C21H23F2N3O3S. The van der Waals surface area contributed by atoms with Gasteiger partial charge in [0.05, 0.1) is 30.6 Å². The van der Waals surface area contributed by atoms with Crippen LogP contribution in [0.15, 0.2) is 40.2 Å². The summed E-state index contributed by atoms with van der Waals surface area (Å²) in [7, 11) is -4.17. The van der Waals surface area contributed by atoms with Crippen molar-refractivity contribution in [1.82, 2.24) is 4.31 Å². The molecule has 1 saturated heterocycles. The molecule has 0 saturated carbocycles. The Hall–Kier alpha value is -2.36. The van der Waals surface area contributed by atoms with E-state index in [1.165, 1.54) is 6.07 Å². The molecule has 0 amide bonds. The molecule has 0 radical (unpaired) electrons. The monoisotopic (exact) mass is 435 g/mol. The average Bonchev–Trinajstić information content (AvgIpc) is 3.21. The Morgan fingerprint density at radius 2 is 2.00 bits per heavy atom. The molecule has 0 aliphatic carbocycles. The molecule has 4 rings (SSSR count). The van der Waals surface area contributed by atoms with Crippen LogP contribution in [-0.2, 0) is 16.6 Å². The highest BCUT2D eigenvalue weighted by molar-refractivity contribution is 7.89. The number of alkyl halides is 2. The number of fused-ring (bicyclic) bond motifs is 1. The fraction of sp³-hybridized carbons (Fsp3) is 0.381. The summed E-state index contributed by atoms with van der Waals surface area (Å²) >= 11 is 0. The summed E-state index contributed by atoms with van der Waals surface area (Å²) < 4.78 is 54.5. The van der Waals surface area contributed by atoms with Gasteiger partial charge in [-0.15, -0.1) is 0 Å². The van der Waals surface area contributed by atoms with E-state index < -0.39 is 41.6 Å². The van der Waals surface area contributed by atoms with Crippen LogP contribution in [0.1, 0.15) is 28.7 Å². The summed E-state index contributed by atoms with van der Waals surface area (Å²) in [6.07, 6.45) is -0.683. The first-order valence-electron chi connectivity index (χ1n) is 9.59. The molecule has 2 heterocycles. The number of amidine groups is 1. The largest absolute Gasteiger partial charge is 0.395 e. The van der Waals surface area contributed by atoms with Crippen LogP contribution in [0, 0.1) is 13.8 Å². The number of benzene rings is 2. The summed E-state index contributed by atoms with van der Waals surface area (Å²) in [4.78, 5) is 4.22. The van der Waals surface area contributed by atoms with Crippen molar-refractivity contribution in [2.45, 2.75) is 43.7 Å². The maximum atomic E-state index is 13.8. The van der Waals surface area contributed by atoms with Crippen LogP contribution in [0.5, 0.6) is 0 Å². The third-order valence-corrected chi connectivity index (χ3v) is 7.90. The second-order valence-electron chi connectivity index (χ2n) is 7.90. The molecule has 0 bridgehead atoms. The second-order valence-corrected chi connectivity index (χ2v) is 9.76. The van der Waals surface area contributed by atoms with Crippen LogP contribution in [0.25, 0.3) is 11.1 Å². The van der Waals surface area contributed by atoms with Gasteiger partial charge in [-0.2, -0.15) is 4.31 Å². The summed E-state index contributed by atoms with van der Waals surface area (Å²) in [5, 5.41) is 9.41. The number of aliphatic hydroxyl groups excluding tert-OH is 1. The molecule has 3 N–H and O–H groups in total. The Morgan fingerprint density at radius 3 is 2.67 bits per heavy atom. The zero-order valence-corrected chi connectivity index (χ0v) is 17.5. The molecule has 9 heteroatoms. The van der Waals surface area contributed by atoms with Gasteiger partial charge in [0, 0.05) is 12.0 Å². The lowest BCUT2D eigenvalue weighted by Gasteiger charge is -2.23. The lowest BCUT2D eigenvalue weighted by Crippen LogP contribution is -2.38. The van der Waals surface area contributed by atoms with Gasteiger partial charge in [0.15, 0.2) is 0 Å². The summed E-state index contributed by atoms with van der Waals surface area (Å²) in [5.74, 6) is -2.66. The van der Waals surface area contributed by atoms with Gasteiger partial charge in [0.2, 0.25) is 10.0 Å². The van der Waals surface area contributed by atoms with E-state index in [0.29, 0.717) is 22.2 Å². The minimum atomic E-state index is -4.17. The van der Waals surface area contributed by atoms with Gasteiger partial charge >= 0.3 is 0 Å². The third kappa shape index (κ3) is 3.30. The van der Waals surface area contributed by atoms with E-state index in [4.69, 9.17) is 5.73 Å². The molecule has 30 heavy (non-hydrogen) atoms. The maximum absolute atomic E-state index is 13.8. The van der Waals surface area contributed by atoms with Gasteiger partial charge in [-0.25, -0.2) is 17.2 Å². The first kappa shape index (κ1) is 20.9. The van der Waals surface area contributed by atoms with Crippen LogP contribution in [0.2, 0.25) is 0 Å². The number of halogens is 2. The number of rotatable bonds is 4. The van der Waals surface area contributed by atoms with Gasteiger partial charge in [-0.1, -0.05) is 24.3 Å². The van der Waals surface area contributed by atoms with E-state index in [-0.39, 0.29) is 4.90 Å². The molecule has 0 spiro atoms. The van der Waals surface area contributed by atoms with E-state index in [1.54, 1.807) is 19.1 Å². The first-order valence-corrected chi connectivity index (χ1v) is 11.0. The standard InChI is InChI=1S/C21H23F2N3O3S/c1-12-7-14(17-5-3-15-9-25-20(24)19(15)13(17)2)4-6-18(12)30(28,29)26-11-21(22,23)8-16(26)10-27/h3-7,16,27H,8-11H2,1-2H3,(H2,24,25)/t16-/m0/s1. The van der Waals surface area contributed by atoms with Crippen LogP contribution >= 0.6 is 0 Å². The second kappa shape index (κ2) is 7.11. The van der Waals surface area contributed by atoms with Crippen molar-refractivity contribution in [1.29, 1.82) is 0 Å². The van der Waals surface area contributed by atoms with Crippen LogP contribution in [-0.4, -0.2) is 48.8 Å². The van der Waals surface area contributed by atoms with Crippen molar-refractivity contribution < 1.29 is 22.3 Å². The zero-order valence-electron chi connectivity index (χ0n) is 16.7. The van der Waals surface area contributed by atoms with Gasteiger partial charge in [-0.05, 0) is 47.7 Å². The van der Waals surface area contributed by atoms with Gasteiger partial charge in [0.1, 0.15) is 5.84 Å². The quantitative estimate of drug-likeness (QED) is 0.772. The van der Waals surface area contributed by atoms with Crippen molar-refractivity contribution in [3.05, 3.63) is 52.6 Å². The van der Waals surface area contributed by atoms with Crippen molar-refractivity contribution in [2.24, 2.45) is 10.7 Å². The number of hydrogen-bond acceptors (Lipinski definition) is 5. The molecular weight excluding hydrogens is 412 g/mol. The van der Waals surface area contributed by atoms with Crippen molar-refractivity contribution in [3.63, 3.8) is 0 Å². The maximum Gasteiger partial charge on any atom is 0.263 e. The Kier molecular flexibility index (Phi) is 4.95. The van der Waals surface area contributed by atoms with E-state index in [0.717, 1.165) is 27.8 Å². The molecule has 2 aromatic rings.